The van der Waals surface area contributed by atoms with Crippen LogP contribution >= 0.6 is 11.6 Å². The van der Waals surface area contributed by atoms with E-state index < -0.39 is 20.6 Å². The summed E-state index contributed by atoms with van der Waals surface area (Å²) in [4.78, 5) is 13.7. The Morgan fingerprint density at radius 1 is 1.41 bits per heavy atom. The van der Waals surface area contributed by atoms with Crippen molar-refractivity contribution < 1.29 is 13.2 Å². The third-order valence-corrected chi connectivity index (χ3v) is 6.24. The molecule has 0 aromatic rings. The molecule has 1 aliphatic rings. The van der Waals surface area contributed by atoms with Gasteiger partial charge in [-0.3, -0.25) is 4.79 Å². The van der Waals surface area contributed by atoms with E-state index in [-0.39, 0.29) is 17.5 Å². The maximum Gasteiger partial charge on any atom is 0.241 e. The zero-order chi connectivity index (χ0) is 13.3. The maximum absolute atomic E-state index is 12.2. The Morgan fingerprint density at radius 3 is 2.47 bits per heavy atom. The topological polar surface area (TPSA) is 54.5 Å². The first-order valence-corrected chi connectivity index (χ1v) is 8.02. The summed E-state index contributed by atoms with van der Waals surface area (Å²) in [6.45, 7) is 3.65. The molecule has 0 aromatic heterocycles. The van der Waals surface area contributed by atoms with Crippen LogP contribution in [0.3, 0.4) is 0 Å². The Bertz CT molecular complexity index is 392. The van der Waals surface area contributed by atoms with Gasteiger partial charge in [-0.15, -0.1) is 11.6 Å². The molecule has 17 heavy (non-hydrogen) atoms. The van der Waals surface area contributed by atoms with Crippen LogP contribution in [0.1, 0.15) is 33.1 Å². The van der Waals surface area contributed by atoms with E-state index in [1.54, 1.807) is 7.05 Å². The number of carbonyl (C=O) groups is 1. The van der Waals surface area contributed by atoms with Gasteiger partial charge in [0, 0.05) is 12.9 Å². The van der Waals surface area contributed by atoms with Crippen molar-refractivity contribution in [1.82, 2.24) is 4.90 Å². The van der Waals surface area contributed by atoms with E-state index in [4.69, 9.17) is 11.6 Å². The van der Waals surface area contributed by atoms with Gasteiger partial charge in [-0.2, -0.15) is 0 Å². The molecule has 1 fully saturated rings. The lowest BCUT2D eigenvalue weighted by Gasteiger charge is -2.36. The molecule has 1 heterocycles. The van der Waals surface area contributed by atoms with Crippen molar-refractivity contribution in [2.75, 3.05) is 18.7 Å². The second kappa shape index (κ2) is 5.14. The van der Waals surface area contributed by atoms with Crippen LogP contribution in [-0.4, -0.2) is 48.7 Å². The quantitative estimate of drug-likeness (QED) is 0.736. The molecule has 0 spiro atoms. The SMILES string of the molecule is CN(C(=O)C1CCCCS1(=O)=O)C(C)(C)CCl. The molecule has 1 atom stereocenters. The summed E-state index contributed by atoms with van der Waals surface area (Å²) in [5.74, 6) is 0.0796. The van der Waals surface area contributed by atoms with Gasteiger partial charge in [0.1, 0.15) is 5.25 Å². The van der Waals surface area contributed by atoms with Crippen LogP contribution in [0.4, 0.5) is 0 Å². The molecule has 1 rings (SSSR count). The predicted molar refractivity (Wildman–Crippen MR) is 69.0 cm³/mol. The van der Waals surface area contributed by atoms with Gasteiger partial charge in [0.05, 0.1) is 11.3 Å². The Kier molecular flexibility index (Phi) is 4.47. The van der Waals surface area contributed by atoms with Crippen LogP contribution in [-0.2, 0) is 14.6 Å². The van der Waals surface area contributed by atoms with Crippen molar-refractivity contribution in [1.29, 1.82) is 0 Å². The molecule has 0 bridgehead atoms. The Balaban J connectivity index is 2.89. The highest BCUT2D eigenvalue weighted by atomic mass is 35.5. The predicted octanol–water partition coefficient (Wildman–Crippen LogP) is 1.43. The van der Waals surface area contributed by atoms with Crippen LogP contribution in [0.25, 0.3) is 0 Å². The van der Waals surface area contributed by atoms with E-state index in [0.717, 1.165) is 6.42 Å². The summed E-state index contributed by atoms with van der Waals surface area (Å²) in [5.41, 5.74) is -0.522. The van der Waals surface area contributed by atoms with E-state index in [1.165, 1.54) is 4.90 Å². The fourth-order valence-corrected chi connectivity index (χ4v) is 3.90. The molecule has 1 amide bonds. The number of hydrogen-bond acceptors (Lipinski definition) is 3. The lowest BCUT2D eigenvalue weighted by Crippen LogP contribution is -2.52. The number of alkyl halides is 1. The first-order chi connectivity index (χ1) is 7.72. The van der Waals surface area contributed by atoms with E-state index in [0.29, 0.717) is 12.8 Å². The molecule has 0 radical (unpaired) electrons. The van der Waals surface area contributed by atoms with Crippen molar-refractivity contribution in [3.63, 3.8) is 0 Å². The minimum Gasteiger partial charge on any atom is -0.338 e. The van der Waals surface area contributed by atoms with Crippen molar-refractivity contribution in [3.05, 3.63) is 0 Å². The number of rotatable bonds is 3. The van der Waals surface area contributed by atoms with E-state index in [9.17, 15) is 13.2 Å². The molecule has 0 saturated carbocycles. The standard InChI is InChI=1S/C11H20ClNO3S/c1-11(2,8-12)13(3)10(14)9-6-4-5-7-17(9,15)16/h9H,4-8H2,1-3H3. The minimum atomic E-state index is -3.27. The van der Waals surface area contributed by atoms with Crippen molar-refractivity contribution >= 4 is 27.3 Å². The number of nitrogens with zero attached hydrogens (tertiary/aromatic N) is 1. The summed E-state index contributed by atoms with van der Waals surface area (Å²) < 4.78 is 23.7. The highest BCUT2D eigenvalue weighted by Crippen LogP contribution is 2.24. The van der Waals surface area contributed by atoms with E-state index >= 15 is 0 Å². The maximum atomic E-state index is 12.2. The van der Waals surface area contributed by atoms with Crippen molar-refractivity contribution in [3.8, 4) is 0 Å². The number of amides is 1. The van der Waals surface area contributed by atoms with Crippen LogP contribution in [0.2, 0.25) is 0 Å². The second-order valence-corrected chi connectivity index (χ2v) is 7.76. The minimum absolute atomic E-state index is 0.124. The average molecular weight is 282 g/mol. The third-order valence-electron chi connectivity index (χ3n) is 3.42. The number of hydrogen-bond donors (Lipinski definition) is 0. The highest BCUT2D eigenvalue weighted by Gasteiger charge is 2.39. The molecule has 6 heteroatoms. The Hall–Kier alpha value is -0.290. The zero-order valence-electron chi connectivity index (χ0n) is 10.6. The molecule has 0 aliphatic carbocycles. The fourth-order valence-electron chi connectivity index (χ4n) is 1.84. The zero-order valence-corrected chi connectivity index (χ0v) is 12.1. The van der Waals surface area contributed by atoms with Gasteiger partial charge in [0.25, 0.3) is 0 Å². The van der Waals surface area contributed by atoms with Gasteiger partial charge in [0.2, 0.25) is 5.91 Å². The van der Waals surface area contributed by atoms with Gasteiger partial charge in [-0.25, -0.2) is 8.42 Å². The Morgan fingerprint density at radius 2 is 2.00 bits per heavy atom. The molecule has 0 N–H and O–H groups in total. The lowest BCUT2D eigenvalue weighted by atomic mass is 10.0. The summed E-state index contributed by atoms with van der Waals surface area (Å²) >= 11 is 5.80. The van der Waals surface area contributed by atoms with E-state index in [1.807, 2.05) is 13.8 Å². The number of sulfone groups is 1. The van der Waals surface area contributed by atoms with Gasteiger partial charge in [-0.1, -0.05) is 6.42 Å². The van der Waals surface area contributed by atoms with Crippen LogP contribution in [0.5, 0.6) is 0 Å². The summed E-state index contributed by atoms with van der Waals surface area (Å²) in [7, 11) is -1.65. The largest absolute Gasteiger partial charge is 0.338 e. The normalized spacial score (nSPS) is 24.4. The summed E-state index contributed by atoms with van der Waals surface area (Å²) in [6, 6.07) is 0. The van der Waals surface area contributed by atoms with Gasteiger partial charge < -0.3 is 4.90 Å². The van der Waals surface area contributed by atoms with Crippen LogP contribution < -0.4 is 0 Å². The molecule has 1 aliphatic heterocycles. The first-order valence-electron chi connectivity index (χ1n) is 5.77. The fraction of sp³-hybridized carbons (Fsp3) is 0.909. The molecule has 100 valence electrons. The smallest absolute Gasteiger partial charge is 0.241 e. The van der Waals surface area contributed by atoms with Gasteiger partial charge in [0.15, 0.2) is 9.84 Å². The van der Waals surface area contributed by atoms with Gasteiger partial charge in [-0.05, 0) is 26.7 Å². The molecule has 0 aromatic carbocycles. The summed E-state index contributed by atoms with van der Waals surface area (Å²) in [5, 5.41) is -0.872. The van der Waals surface area contributed by atoms with Crippen LogP contribution in [0, 0.1) is 0 Å². The monoisotopic (exact) mass is 281 g/mol. The Labute approximate surface area is 108 Å². The molecule has 1 saturated heterocycles. The first kappa shape index (κ1) is 14.8. The lowest BCUT2D eigenvalue weighted by molar-refractivity contribution is -0.133. The average Bonchev–Trinajstić information content (AvgIpc) is 2.26. The summed E-state index contributed by atoms with van der Waals surface area (Å²) in [6.07, 6.45) is 1.89. The van der Waals surface area contributed by atoms with E-state index in [2.05, 4.69) is 0 Å². The molecule has 4 nitrogen and oxygen atoms in total. The second-order valence-electron chi connectivity index (χ2n) is 5.19. The van der Waals surface area contributed by atoms with Crippen LogP contribution in [0.15, 0.2) is 0 Å². The molecular weight excluding hydrogens is 262 g/mol. The number of carbonyl (C=O) groups excluding carboxylic acids is 1. The van der Waals surface area contributed by atoms with Gasteiger partial charge >= 0.3 is 0 Å². The molecule has 1 unspecified atom stereocenters. The highest BCUT2D eigenvalue weighted by molar-refractivity contribution is 7.92. The number of halogens is 1. The molecular formula is C11H20ClNO3S. The third kappa shape index (κ3) is 3.13. The van der Waals surface area contributed by atoms with Crippen molar-refractivity contribution in [2.45, 2.75) is 43.9 Å². The van der Waals surface area contributed by atoms with Crippen molar-refractivity contribution in [2.24, 2.45) is 0 Å².